The van der Waals surface area contributed by atoms with Crippen molar-refractivity contribution in [2.24, 2.45) is 0 Å². The Hall–Kier alpha value is -2.28. The summed E-state index contributed by atoms with van der Waals surface area (Å²) in [5.41, 5.74) is 1.02. The number of nitrogens with zero attached hydrogens (tertiary/aromatic N) is 2. The lowest BCUT2D eigenvalue weighted by Crippen LogP contribution is -2.44. The molecule has 7 nitrogen and oxygen atoms in total. The van der Waals surface area contributed by atoms with Gasteiger partial charge in [-0.25, -0.2) is 0 Å². The highest BCUT2D eigenvalue weighted by molar-refractivity contribution is 5.81. The van der Waals surface area contributed by atoms with Crippen LogP contribution in [-0.2, 0) is 9.59 Å². The van der Waals surface area contributed by atoms with E-state index in [0.717, 1.165) is 24.8 Å². The number of aliphatic carboxylic acids is 1. The summed E-state index contributed by atoms with van der Waals surface area (Å²) in [5, 5.41) is 9.31. The fraction of sp³-hybridized carbons (Fsp3) is 0.579. The van der Waals surface area contributed by atoms with E-state index in [-0.39, 0.29) is 18.5 Å². The molecule has 2 fully saturated rings. The van der Waals surface area contributed by atoms with Crippen molar-refractivity contribution < 1.29 is 24.2 Å². The quantitative estimate of drug-likeness (QED) is 0.833. The zero-order valence-electron chi connectivity index (χ0n) is 15.3. The lowest BCUT2D eigenvalue weighted by atomic mass is 10.0. The summed E-state index contributed by atoms with van der Waals surface area (Å²) < 4.78 is 10.7. The Morgan fingerprint density at radius 2 is 1.85 bits per heavy atom. The monoisotopic (exact) mass is 362 g/mol. The highest BCUT2D eigenvalue weighted by atomic mass is 16.5. The summed E-state index contributed by atoms with van der Waals surface area (Å²) in [6.45, 7) is 1.53. The molecule has 1 N–H and O–H groups in total. The molecule has 2 aliphatic heterocycles. The van der Waals surface area contributed by atoms with Gasteiger partial charge < -0.3 is 19.5 Å². The van der Waals surface area contributed by atoms with Crippen LogP contribution >= 0.6 is 0 Å². The average molecular weight is 362 g/mol. The number of rotatable bonds is 6. The normalized spacial score (nSPS) is 23.2. The number of benzene rings is 1. The molecule has 2 saturated heterocycles. The van der Waals surface area contributed by atoms with Gasteiger partial charge in [-0.05, 0) is 49.9 Å². The Morgan fingerprint density at radius 3 is 2.54 bits per heavy atom. The van der Waals surface area contributed by atoms with Crippen LogP contribution in [0.3, 0.4) is 0 Å². The second kappa shape index (κ2) is 7.95. The van der Waals surface area contributed by atoms with Crippen LogP contribution in [0.4, 0.5) is 0 Å². The van der Waals surface area contributed by atoms with Crippen LogP contribution < -0.4 is 9.47 Å². The summed E-state index contributed by atoms with van der Waals surface area (Å²) in [7, 11) is 3.19. The number of likely N-dealkylation sites (tertiary alicyclic amines) is 2. The summed E-state index contributed by atoms with van der Waals surface area (Å²) in [4.78, 5) is 27.9. The molecular weight excluding hydrogens is 336 g/mol. The van der Waals surface area contributed by atoms with E-state index < -0.39 is 12.0 Å². The number of carboxylic acid groups (broad SMARTS) is 1. The van der Waals surface area contributed by atoms with E-state index in [4.69, 9.17) is 9.47 Å². The molecule has 3 rings (SSSR count). The molecular formula is C19H26N2O5. The molecule has 142 valence electrons. The second-order valence-electron chi connectivity index (χ2n) is 6.83. The maximum Gasteiger partial charge on any atom is 0.320 e. The van der Waals surface area contributed by atoms with Crippen LogP contribution in [0.1, 0.15) is 37.3 Å². The van der Waals surface area contributed by atoms with Gasteiger partial charge in [-0.15, -0.1) is 0 Å². The SMILES string of the molecule is COc1ccc(C2CCCN2C(=O)CN2CCC[C@H]2C(=O)O)cc1OC. The summed E-state index contributed by atoms with van der Waals surface area (Å²) in [6, 6.07) is 5.20. The molecule has 0 bridgehead atoms. The molecule has 0 aliphatic carbocycles. The molecule has 2 heterocycles. The Balaban J connectivity index is 1.73. The van der Waals surface area contributed by atoms with Gasteiger partial charge in [-0.3, -0.25) is 14.5 Å². The lowest BCUT2D eigenvalue weighted by Gasteiger charge is -2.29. The van der Waals surface area contributed by atoms with Gasteiger partial charge in [0.15, 0.2) is 11.5 Å². The first kappa shape index (κ1) is 18.5. The largest absolute Gasteiger partial charge is 0.493 e. The number of amides is 1. The van der Waals surface area contributed by atoms with Gasteiger partial charge in [0.25, 0.3) is 0 Å². The Labute approximate surface area is 153 Å². The summed E-state index contributed by atoms with van der Waals surface area (Å²) >= 11 is 0. The molecule has 1 unspecified atom stereocenters. The number of carbonyl (C=O) groups is 2. The van der Waals surface area contributed by atoms with Gasteiger partial charge in [0, 0.05) is 6.54 Å². The van der Waals surface area contributed by atoms with Crippen LogP contribution in [0.15, 0.2) is 18.2 Å². The van der Waals surface area contributed by atoms with E-state index in [2.05, 4.69) is 0 Å². The van der Waals surface area contributed by atoms with E-state index in [1.807, 2.05) is 23.1 Å². The summed E-state index contributed by atoms with van der Waals surface area (Å²) in [5.74, 6) is 0.465. The molecule has 1 aromatic carbocycles. The molecule has 0 radical (unpaired) electrons. The predicted molar refractivity (Wildman–Crippen MR) is 95.5 cm³/mol. The van der Waals surface area contributed by atoms with Crippen molar-refractivity contribution in [2.75, 3.05) is 33.9 Å². The molecule has 0 aromatic heterocycles. The number of ether oxygens (including phenoxy) is 2. The van der Waals surface area contributed by atoms with E-state index in [1.165, 1.54) is 0 Å². The predicted octanol–water partition coefficient (Wildman–Crippen LogP) is 1.92. The standard InChI is InChI=1S/C19H26N2O5/c1-25-16-8-7-13(11-17(16)26-2)14-5-4-10-21(14)18(22)12-20-9-3-6-15(20)19(23)24/h7-8,11,14-15H,3-6,9-10,12H2,1-2H3,(H,23,24)/t14?,15-/m0/s1. The number of hydrogen-bond donors (Lipinski definition) is 1. The van der Waals surface area contributed by atoms with E-state index in [1.54, 1.807) is 19.1 Å². The number of carboxylic acids is 1. The first-order valence-electron chi connectivity index (χ1n) is 9.03. The van der Waals surface area contributed by atoms with Crippen molar-refractivity contribution in [3.8, 4) is 11.5 Å². The van der Waals surface area contributed by atoms with Gasteiger partial charge in [-0.2, -0.15) is 0 Å². The van der Waals surface area contributed by atoms with Gasteiger partial charge in [0.05, 0.1) is 26.8 Å². The minimum atomic E-state index is -0.840. The van der Waals surface area contributed by atoms with Gasteiger partial charge in [-0.1, -0.05) is 6.07 Å². The highest BCUT2D eigenvalue weighted by Crippen LogP contribution is 2.37. The van der Waals surface area contributed by atoms with Crippen LogP contribution in [0.2, 0.25) is 0 Å². The van der Waals surface area contributed by atoms with E-state index in [9.17, 15) is 14.7 Å². The first-order chi connectivity index (χ1) is 12.5. The second-order valence-corrected chi connectivity index (χ2v) is 6.83. The third-order valence-electron chi connectivity index (χ3n) is 5.35. The van der Waals surface area contributed by atoms with Crippen LogP contribution in [0, 0.1) is 0 Å². The summed E-state index contributed by atoms with van der Waals surface area (Å²) in [6.07, 6.45) is 3.27. The molecule has 1 aromatic rings. The lowest BCUT2D eigenvalue weighted by molar-refractivity contribution is -0.143. The van der Waals surface area contributed by atoms with Crippen LogP contribution in [0.25, 0.3) is 0 Å². The topological polar surface area (TPSA) is 79.3 Å². The van der Waals surface area contributed by atoms with Crippen molar-refractivity contribution in [2.45, 2.75) is 37.8 Å². The molecule has 1 amide bonds. The van der Waals surface area contributed by atoms with Gasteiger partial charge >= 0.3 is 5.97 Å². The smallest absolute Gasteiger partial charge is 0.320 e. The van der Waals surface area contributed by atoms with Gasteiger partial charge in [0.1, 0.15) is 6.04 Å². The maximum absolute atomic E-state index is 12.9. The van der Waals surface area contributed by atoms with E-state index >= 15 is 0 Å². The Morgan fingerprint density at radius 1 is 1.12 bits per heavy atom. The molecule has 0 spiro atoms. The highest BCUT2D eigenvalue weighted by Gasteiger charge is 2.36. The van der Waals surface area contributed by atoms with Crippen molar-refractivity contribution in [3.05, 3.63) is 23.8 Å². The van der Waals surface area contributed by atoms with Crippen molar-refractivity contribution in [3.63, 3.8) is 0 Å². The third kappa shape index (κ3) is 3.62. The van der Waals surface area contributed by atoms with Crippen molar-refractivity contribution in [1.29, 1.82) is 0 Å². The molecule has 2 atom stereocenters. The maximum atomic E-state index is 12.9. The Kier molecular flexibility index (Phi) is 5.66. The number of hydrogen-bond acceptors (Lipinski definition) is 5. The van der Waals surface area contributed by atoms with Crippen molar-refractivity contribution in [1.82, 2.24) is 9.80 Å². The molecule has 2 aliphatic rings. The molecule has 7 heteroatoms. The molecule has 0 saturated carbocycles. The average Bonchev–Trinajstić information content (AvgIpc) is 3.30. The fourth-order valence-corrected chi connectivity index (χ4v) is 4.03. The minimum absolute atomic E-state index is 0.00423. The zero-order valence-corrected chi connectivity index (χ0v) is 15.3. The molecule has 26 heavy (non-hydrogen) atoms. The fourth-order valence-electron chi connectivity index (χ4n) is 4.03. The van der Waals surface area contributed by atoms with Crippen LogP contribution in [-0.4, -0.2) is 66.7 Å². The minimum Gasteiger partial charge on any atom is -0.493 e. The number of methoxy groups -OCH3 is 2. The number of carbonyl (C=O) groups excluding carboxylic acids is 1. The first-order valence-corrected chi connectivity index (χ1v) is 9.03. The zero-order chi connectivity index (χ0) is 18.7. The Bertz CT molecular complexity index is 678. The third-order valence-corrected chi connectivity index (χ3v) is 5.35. The van der Waals surface area contributed by atoms with Crippen molar-refractivity contribution >= 4 is 11.9 Å². The van der Waals surface area contributed by atoms with Crippen LogP contribution in [0.5, 0.6) is 11.5 Å². The van der Waals surface area contributed by atoms with E-state index in [0.29, 0.717) is 31.0 Å². The van der Waals surface area contributed by atoms with Gasteiger partial charge in [0.2, 0.25) is 5.91 Å².